The molecule has 2 aliphatic rings. The Morgan fingerprint density at radius 1 is 1.24 bits per heavy atom. The topological polar surface area (TPSA) is 106 Å². The van der Waals surface area contributed by atoms with Crippen LogP contribution >= 0.6 is 0 Å². The number of hydrazone groups is 1. The summed E-state index contributed by atoms with van der Waals surface area (Å²) < 4.78 is 36.7. The highest BCUT2D eigenvalue weighted by molar-refractivity contribution is 7.92. The highest BCUT2D eigenvalue weighted by atomic mass is 32.2. The van der Waals surface area contributed by atoms with Crippen molar-refractivity contribution in [2.75, 3.05) is 17.6 Å². The van der Waals surface area contributed by atoms with Gasteiger partial charge in [0.05, 0.1) is 30.7 Å². The van der Waals surface area contributed by atoms with Gasteiger partial charge >= 0.3 is 0 Å². The molecule has 1 saturated carbocycles. The van der Waals surface area contributed by atoms with Crippen LogP contribution in [-0.2, 0) is 26.1 Å². The molecule has 1 fully saturated rings. The summed E-state index contributed by atoms with van der Waals surface area (Å²) in [7, 11) is -1.87. The van der Waals surface area contributed by atoms with Crippen molar-refractivity contribution in [1.29, 1.82) is 0 Å². The first-order chi connectivity index (χ1) is 15.6. The van der Waals surface area contributed by atoms with Crippen molar-refractivity contribution in [3.63, 3.8) is 0 Å². The summed E-state index contributed by atoms with van der Waals surface area (Å²) >= 11 is 0. The highest BCUT2D eigenvalue weighted by Gasteiger charge is 2.25. The number of anilines is 1. The number of ether oxygens (including phenoxy) is 2. The van der Waals surface area contributed by atoms with Crippen LogP contribution in [0.4, 0.5) is 5.69 Å². The van der Waals surface area contributed by atoms with E-state index in [0.717, 1.165) is 18.4 Å². The van der Waals surface area contributed by atoms with E-state index >= 15 is 0 Å². The van der Waals surface area contributed by atoms with Crippen LogP contribution in [0.2, 0.25) is 0 Å². The average molecular weight is 475 g/mol. The van der Waals surface area contributed by atoms with Gasteiger partial charge in [-0.1, -0.05) is 35.9 Å². The molecule has 0 amide bonds. The van der Waals surface area contributed by atoms with Gasteiger partial charge in [-0.05, 0) is 56.9 Å². The SMILES string of the molecule is CC(N)C1NN=C(c2cc(COC3CCC3)cc(N(C)S(C)(=O)=O)c2)O1.Cc1ccccc1. The Kier molecular flexibility index (Phi) is 8.34. The number of hydrogen-bond acceptors (Lipinski definition) is 7. The van der Waals surface area contributed by atoms with Crippen molar-refractivity contribution >= 4 is 21.6 Å². The van der Waals surface area contributed by atoms with Crippen LogP contribution < -0.4 is 15.5 Å². The third-order valence-electron chi connectivity index (χ3n) is 5.57. The smallest absolute Gasteiger partial charge is 0.240 e. The van der Waals surface area contributed by atoms with Gasteiger partial charge in [0.2, 0.25) is 22.1 Å². The van der Waals surface area contributed by atoms with Crippen LogP contribution in [-0.4, -0.2) is 46.0 Å². The molecule has 3 N–H and O–H groups in total. The molecular weight excluding hydrogens is 440 g/mol. The summed E-state index contributed by atoms with van der Waals surface area (Å²) in [4.78, 5) is 0. The summed E-state index contributed by atoms with van der Waals surface area (Å²) in [5.74, 6) is 0.390. The number of aryl methyl sites for hydroxylation is 1. The Bertz CT molecular complexity index is 1050. The van der Waals surface area contributed by atoms with E-state index in [9.17, 15) is 8.42 Å². The summed E-state index contributed by atoms with van der Waals surface area (Å²) in [6, 6.07) is 15.5. The van der Waals surface area contributed by atoms with Gasteiger partial charge in [-0.2, -0.15) is 0 Å². The number of nitrogens with zero attached hydrogens (tertiary/aromatic N) is 2. The summed E-state index contributed by atoms with van der Waals surface area (Å²) in [5, 5.41) is 4.19. The van der Waals surface area contributed by atoms with E-state index in [-0.39, 0.29) is 6.04 Å². The van der Waals surface area contributed by atoms with Crippen molar-refractivity contribution in [3.05, 3.63) is 65.2 Å². The highest BCUT2D eigenvalue weighted by Crippen LogP contribution is 2.26. The van der Waals surface area contributed by atoms with Gasteiger partial charge in [0.15, 0.2) is 0 Å². The lowest BCUT2D eigenvalue weighted by atomic mass is 9.96. The van der Waals surface area contributed by atoms with Crippen LogP contribution in [0.3, 0.4) is 0 Å². The van der Waals surface area contributed by atoms with Gasteiger partial charge in [0.25, 0.3) is 0 Å². The lowest BCUT2D eigenvalue weighted by Crippen LogP contribution is -2.39. The zero-order valence-electron chi connectivity index (χ0n) is 19.7. The van der Waals surface area contributed by atoms with Gasteiger partial charge in [-0.25, -0.2) is 8.42 Å². The zero-order valence-corrected chi connectivity index (χ0v) is 20.5. The first-order valence-corrected chi connectivity index (χ1v) is 13.0. The molecule has 0 spiro atoms. The molecule has 180 valence electrons. The van der Waals surface area contributed by atoms with Crippen LogP contribution in [0, 0.1) is 6.92 Å². The maximum absolute atomic E-state index is 11.9. The van der Waals surface area contributed by atoms with E-state index in [1.54, 1.807) is 6.07 Å². The zero-order chi connectivity index (χ0) is 24.0. The first kappa shape index (κ1) is 25.0. The molecule has 2 atom stereocenters. The average Bonchev–Trinajstić information content (AvgIpc) is 3.23. The Morgan fingerprint density at radius 2 is 1.94 bits per heavy atom. The van der Waals surface area contributed by atoms with E-state index < -0.39 is 16.3 Å². The number of nitrogens with two attached hydrogens (primary N) is 1. The summed E-state index contributed by atoms with van der Waals surface area (Å²) in [5.41, 5.74) is 12.1. The molecule has 0 saturated heterocycles. The molecule has 1 aliphatic carbocycles. The normalized spacial score (nSPS) is 18.7. The predicted octanol–water partition coefficient (Wildman–Crippen LogP) is 3.10. The molecule has 4 rings (SSSR count). The van der Waals surface area contributed by atoms with Crippen molar-refractivity contribution in [3.8, 4) is 0 Å². The molecule has 2 aromatic carbocycles. The standard InChI is InChI=1S/C17H26N4O4S.C7H8/c1-11(18)16-19-20-17(25-16)13-7-12(10-24-15-5-4-6-15)8-14(9-13)21(2)26(3,22)23;1-7-5-3-2-4-6-7/h7-9,11,15-16,19H,4-6,10,18H2,1-3H3;2-6H,1H3. The molecule has 33 heavy (non-hydrogen) atoms. The largest absolute Gasteiger partial charge is 0.449 e. The number of hydrogen-bond donors (Lipinski definition) is 2. The molecule has 0 bridgehead atoms. The fourth-order valence-corrected chi connectivity index (χ4v) is 3.68. The number of benzene rings is 2. The Hall–Kier alpha value is -2.62. The lowest BCUT2D eigenvalue weighted by Gasteiger charge is -2.26. The second-order valence-electron chi connectivity index (χ2n) is 8.58. The third kappa shape index (κ3) is 7.18. The second kappa shape index (κ2) is 11.0. The summed E-state index contributed by atoms with van der Waals surface area (Å²) in [6.07, 6.45) is 4.40. The van der Waals surface area contributed by atoms with Gasteiger partial charge in [-0.15, -0.1) is 5.10 Å². The fraction of sp³-hybridized carbons (Fsp3) is 0.458. The minimum absolute atomic E-state index is 0.237. The molecule has 2 unspecified atom stereocenters. The van der Waals surface area contributed by atoms with Gasteiger partial charge in [-0.3, -0.25) is 9.73 Å². The molecule has 0 radical (unpaired) electrons. The molecule has 1 heterocycles. The van der Waals surface area contributed by atoms with Crippen LogP contribution in [0.15, 0.2) is 53.6 Å². The minimum Gasteiger partial charge on any atom is -0.449 e. The molecule has 1 aliphatic heterocycles. The quantitative estimate of drug-likeness (QED) is 0.639. The predicted molar refractivity (Wildman–Crippen MR) is 131 cm³/mol. The van der Waals surface area contributed by atoms with Crippen molar-refractivity contribution in [2.24, 2.45) is 10.8 Å². The van der Waals surface area contributed by atoms with E-state index in [1.807, 2.05) is 37.3 Å². The molecule has 8 nitrogen and oxygen atoms in total. The Balaban J connectivity index is 0.000000374. The molecule has 9 heteroatoms. The van der Waals surface area contributed by atoms with E-state index in [2.05, 4.69) is 29.6 Å². The van der Waals surface area contributed by atoms with Crippen molar-refractivity contribution < 1.29 is 17.9 Å². The van der Waals surface area contributed by atoms with Crippen LogP contribution in [0.5, 0.6) is 0 Å². The lowest BCUT2D eigenvalue weighted by molar-refractivity contribution is -0.00865. The Morgan fingerprint density at radius 3 is 2.42 bits per heavy atom. The number of sulfonamides is 1. The number of rotatable bonds is 7. The molecular formula is C24H34N4O4S. The van der Waals surface area contributed by atoms with E-state index in [4.69, 9.17) is 15.2 Å². The number of nitrogens with one attached hydrogen (secondary N) is 1. The van der Waals surface area contributed by atoms with E-state index in [1.165, 1.54) is 29.6 Å². The minimum atomic E-state index is -3.39. The van der Waals surface area contributed by atoms with Crippen LogP contribution in [0.1, 0.15) is 42.9 Å². The first-order valence-electron chi connectivity index (χ1n) is 11.1. The van der Waals surface area contributed by atoms with Gasteiger partial charge in [0.1, 0.15) is 0 Å². The van der Waals surface area contributed by atoms with Crippen molar-refractivity contribution in [1.82, 2.24) is 5.43 Å². The molecule has 2 aromatic rings. The third-order valence-corrected chi connectivity index (χ3v) is 6.78. The van der Waals surface area contributed by atoms with Gasteiger partial charge in [0, 0.05) is 12.6 Å². The Labute approximate surface area is 196 Å². The second-order valence-corrected chi connectivity index (χ2v) is 10.6. The maximum atomic E-state index is 11.9. The monoisotopic (exact) mass is 474 g/mol. The van der Waals surface area contributed by atoms with Crippen molar-refractivity contribution in [2.45, 2.75) is 58.1 Å². The van der Waals surface area contributed by atoms with Crippen LogP contribution in [0.25, 0.3) is 0 Å². The maximum Gasteiger partial charge on any atom is 0.240 e. The summed E-state index contributed by atoms with van der Waals surface area (Å²) in [6.45, 7) is 4.32. The van der Waals surface area contributed by atoms with Gasteiger partial charge < -0.3 is 15.2 Å². The van der Waals surface area contributed by atoms with E-state index in [0.29, 0.717) is 29.9 Å². The molecule has 0 aromatic heterocycles. The fourth-order valence-electron chi connectivity index (χ4n) is 3.19.